The highest BCUT2D eigenvalue weighted by Crippen LogP contribution is 2.08. The summed E-state index contributed by atoms with van der Waals surface area (Å²) in [5.74, 6) is 5.28. The first-order valence-corrected chi connectivity index (χ1v) is 5.11. The average Bonchev–Trinajstić information content (AvgIpc) is 2.14. The Kier molecular flexibility index (Phi) is 4.13. The lowest BCUT2D eigenvalue weighted by atomic mass is 10.3. The van der Waals surface area contributed by atoms with Crippen LogP contribution in [-0.4, -0.2) is 15.9 Å². The molecule has 1 aromatic heterocycles. The second kappa shape index (κ2) is 5.37. The van der Waals surface area contributed by atoms with Gasteiger partial charge in [0.05, 0.1) is 17.6 Å². The molecule has 0 unspecified atom stereocenters. The van der Waals surface area contributed by atoms with E-state index in [1.54, 1.807) is 0 Å². The molecule has 0 saturated carbocycles. The molecule has 1 rings (SSSR count). The molecule has 0 amide bonds. The van der Waals surface area contributed by atoms with Gasteiger partial charge in [-0.25, -0.2) is 9.37 Å². The van der Waals surface area contributed by atoms with Gasteiger partial charge in [-0.2, -0.15) is 0 Å². The molecule has 3 nitrogen and oxygen atoms in total. The van der Waals surface area contributed by atoms with E-state index in [1.807, 2.05) is 0 Å². The number of nitrogens with zero attached hydrogens (tertiary/aromatic N) is 1. The van der Waals surface area contributed by atoms with E-state index >= 15 is 0 Å². The fraction of sp³-hybridized carbons (Fsp3) is 0.200. The number of aromatic nitrogens is 1. The Morgan fingerprint density at radius 2 is 2.47 bits per heavy atom. The van der Waals surface area contributed by atoms with Crippen molar-refractivity contribution in [2.24, 2.45) is 0 Å². The quantitative estimate of drug-likeness (QED) is 0.733. The largest absolute Gasteiger partial charge is 0.396 e. The van der Waals surface area contributed by atoms with Crippen molar-refractivity contribution < 1.29 is 9.18 Å². The zero-order valence-electron chi connectivity index (χ0n) is 8.08. The smallest absolute Gasteiger partial charge is 0.186 e. The Labute approximate surface area is 91.3 Å². The van der Waals surface area contributed by atoms with Gasteiger partial charge < -0.3 is 5.73 Å². The maximum Gasteiger partial charge on any atom is 0.186 e. The van der Waals surface area contributed by atoms with Gasteiger partial charge in [0.15, 0.2) is 5.12 Å². The number of pyridine rings is 1. The summed E-state index contributed by atoms with van der Waals surface area (Å²) in [6, 6.07) is 1.16. The number of hydrogen-bond donors (Lipinski definition) is 1. The summed E-state index contributed by atoms with van der Waals surface area (Å²) in [6.07, 6.45) is 1.05. The summed E-state index contributed by atoms with van der Waals surface area (Å²) in [7, 11) is 0. The zero-order valence-corrected chi connectivity index (χ0v) is 8.90. The van der Waals surface area contributed by atoms with Crippen LogP contribution in [0.3, 0.4) is 0 Å². The number of nitrogen functional groups attached to an aromatic ring is 1. The summed E-state index contributed by atoms with van der Waals surface area (Å²) < 4.78 is 12.6. The standard InChI is InChI=1S/C10H9FN2OS/c1-7(14)15-4-2-3-10-9(12)5-8(11)6-13-10/h5-6H,4,12H2,1H3. The molecular weight excluding hydrogens is 215 g/mol. The molecule has 0 atom stereocenters. The van der Waals surface area contributed by atoms with Crippen LogP contribution in [0.5, 0.6) is 0 Å². The van der Waals surface area contributed by atoms with Crippen LogP contribution in [0, 0.1) is 17.7 Å². The molecule has 0 saturated heterocycles. The molecule has 0 spiro atoms. The van der Waals surface area contributed by atoms with E-state index in [1.165, 1.54) is 6.92 Å². The SMILES string of the molecule is CC(=O)SCC#Cc1ncc(F)cc1N. The van der Waals surface area contributed by atoms with Gasteiger partial charge in [0.2, 0.25) is 0 Å². The summed E-state index contributed by atoms with van der Waals surface area (Å²) in [6.45, 7) is 1.47. The number of anilines is 1. The molecule has 0 radical (unpaired) electrons. The van der Waals surface area contributed by atoms with Crippen LogP contribution in [-0.2, 0) is 4.79 Å². The van der Waals surface area contributed by atoms with Crippen molar-refractivity contribution in [2.45, 2.75) is 6.92 Å². The minimum atomic E-state index is -0.490. The lowest BCUT2D eigenvalue weighted by molar-refractivity contribution is -0.109. The molecule has 0 aliphatic carbocycles. The zero-order chi connectivity index (χ0) is 11.3. The molecule has 0 aliphatic heterocycles. The number of carbonyl (C=O) groups is 1. The van der Waals surface area contributed by atoms with Crippen molar-refractivity contribution in [2.75, 3.05) is 11.5 Å². The number of carbonyl (C=O) groups excluding carboxylic acids is 1. The van der Waals surface area contributed by atoms with Crippen LogP contribution in [0.15, 0.2) is 12.3 Å². The van der Waals surface area contributed by atoms with E-state index in [4.69, 9.17) is 5.73 Å². The van der Waals surface area contributed by atoms with Crippen molar-refractivity contribution in [3.05, 3.63) is 23.8 Å². The predicted molar refractivity (Wildman–Crippen MR) is 58.6 cm³/mol. The highest BCUT2D eigenvalue weighted by molar-refractivity contribution is 8.13. The van der Waals surface area contributed by atoms with Gasteiger partial charge in [0.1, 0.15) is 11.5 Å². The second-order valence-corrected chi connectivity index (χ2v) is 3.83. The van der Waals surface area contributed by atoms with E-state index in [0.717, 1.165) is 24.0 Å². The van der Waals surface area contributed by atoms with Crippen LogP contribution in [0.2, 0.25) is 0 Å². The highest BCUT2D eigenvalue weighted by atomic mass is 32.2. The summed E-state index contributed by atoms with van der Waals surface area (Å²) in [5, 5.41) is 0.00402. The maximum atomic E-state index is 12.6. The van der Waals surface area contributed by atoms with Gasteiger partial charge in [0, 0.05) is 13.0 Å². The van der Waals surface area contributed by atoms with Crippen molar-refractivity contribution in [3.8, 4) is 11.8 Å². The topological polar surface area (TPSA) is 56.0 Å². The highest BCUT2D eigenvalue weighted by Gasteiger charge is 1.98. The molecule has 1 aromatic rings. The van der Waals surface area contributed by atoms with E-state index in [9.17, 15) is 9.18 Å². The van der Waals surface area contributed by atoms with Crippen LogP contribution in [0.1, 0.15) is 12.6 Å². The van der Waals surface area contributed by atoms with Gasteiger partial charge in [0.25, 0.3) is 0 Å². The molecule has 0 aliphatic rings. The molecule has 78 valence electrons. The molecule has 0 bridgehead atoms. The van der Waals surface area contributed by atoms with Crippen LogP contribution in [0.25, 0.3) is 0 Å². The molecule has 15 heavy (non-hydrogen) atoms. The first-order valence-electron chi connectivity index (χ1n) is 4.13. The predicted octanol–water partition coefficient (Wildman–Crippen LogP) is 1.43. The van der Waals surface area contributed by atoms with Crippen molar-refractivity contribution >= 4 is 22.6 Å². The number of thioether (sulfide) groups is 1. The summed E-state index contributed by atoms with van der Waals surface area (Å²) >= 11 is 1.10. The Bertz CT molecular complexity index is 437. The molecule has 0 aromatic carbocycles. The third kappa shape index (κ3) is 4.00. The fourth-order valence-electron chi connectivity index (χ4n) is 0.817. The second-order valence-electron chi connectivity index (χ2n) is 2.67. The third-order valence-electron chi connectivity index (χ3n) is 1.44. The van der Waals surface area contributed by atoms with E-state index < -0.39 is 5.82 Å². The van der Waals surface area contributed by atoms with Crippen LogP contribution in [0.4, 0.5) is 10.1 Å². The van der Waals surface area contributed by atoms with Crippen molar-refractivity contribution in [1.29, 1.82) is 0 Å². The molecule has 5 heteroatoms. The van der Waals surface area contributed by atoms with E-state index in [-0.39, 0.29) is 10.8 Å². The minimum Gasteiger partial charge on any atom is -0.396 e. The number of nitrogens with two attached hydrogens (primary N) is 1. The lowest BCUT2D eigenvalue weighted by Gasteiger charge is -1.95. The average molecular weight is 224 g/mol. The van der Waals surface area contributed by atoms with Gasteiger partial charge in [-0.05, 0) is 5.92 Å². The molecule has 1 heterocycles. The first kappa shape index (κ1) is 11.5. The van der Waals surface area contributed by atoms with Gasteiger partial charge in [-0.15, -0.1) is 0 Å². The summed E-state index contributed by atoms with van der Waals surface area (Å²) in [5.41, 5.74) is 6.02. The number of halogens is 1. The summed E-state index contributed by atoms with van der Waals surface area (Å²) in [4.78, 5) is 14.3. The Morgan fingerprint density at radius 1 is 1.73 bits per heavy atom. The van der Waals surface area contributed by atoms with Crippen molar-refractivity contribution in [1.82, 2.24) is 4.98 Å². The van der Waals surface area contributed by atoms with E-state index in [0.29, 0.717) is 11.4 Å². The van der Waals surface area contributed by atoms with Gasteiger partial charge in [-0.1, -0.05) is 17.7 Å². The van der Waals surface area contributed by atoms with Crippen molar-refractivity contribution in [3.63, 3.8) is 0 Å². The Hall–Kier alpha value is -1.54. The van der Waals surface area contributed by atoms with Crippen LogP contribution < -0.4 is 5.73 Å². The normalized spacial score (nSPS) is 9.20. The van der Waals surface area contributed by atoms with Gasteiger partial charge in [-0.3, -0.25) is 4.79 Å². The minimum absolute atomic E-state index is 0.00402. The van der Waals surface area contributed by atoms with E-state index in [2.05, 4.69) is 16.8 Å². The number of rotatable bonds is 1. The Balaban J connectivity index is 2.67. The molecular formula is C10H9FN2OS. The molecule has 0 fully saturated rings. The lowest BCUT2D eigenvalue weighted by Crippen LogP contribution is -1.95. The third-order valence-corrected chi connectivity index (χ3v) is 2.13. The number of hydrogen-bond acceptors (Lipinski definition) is 4. The monoisotopic (exact) mass is 224 g/mol. The Morgan fingerprint density at radius 3 is 3.07 bits per heavy atom. The fourth-order valence-corrected chi connectivity index (χ4v) is 1.16. The maximum absolute atomic E-state index is 12.6. The molecule has 2 N–H and O–H groups in total. The van der Waals surface area contributed by atoms with Crippen LogP contribution >= 0.6 is 11.8 Å². The first-order chi connectivity index (χ1) is 7.09. The van der Waals surface area contributed by atoms with Gasteiger partial charge >= 0.3 is 0 Å².